The van der Waals surface area contributed by atoms with E-state index in [4.69, 9.17) is 12.2 Å². The normalized spacial score (nSPS) is 34.7. The number of thiocarbonyl (C=S) groups is 1. The van der Waals surface area contributed by atoms with Crippen LogP contribution >= 0.6 is 24.0 Å². The Morgan fingerprint density at radius 1 is 1.56 bits per heavy atom. The van der Waals surface area contributed by atoms with Crippen LogP contribution in [0, 0.1) is 5.92 Å². The number of rotatable bonds is 1. The Morgan fingerprint density at radius 2 is 2.33 bits per heavy atom. The van der Waals surface area contributed by atoms with Crippen molar-refractivity contribution in [1.29, 1.82) is 0 Å². The highest BCUT2D eigenvalue weighted by Crippen LogP contribution is 2.36. The van der Waals surface area contributed by atoms with E-state index < -0.39 is 0 Å². The fourth-order valence-corrected chi connectivity index (χ4v) is 2.43. The minimum Gasteiger partial charge on any atom is -0.367 e. The predicted molar refractivity (Wildman–Crippen MR) is 44.7 cm³/mol. The van der Waals surface area contributed by atoms with Gasteiger partial charge in [-0.1, -0.05) is 24.0 Å². The molecule has 2 aliphatic rings. The van der Waals surface area contributed by atoms with Crippen LogP contribution in [-0.4, -0.2) is 16.1 Å². The number of hydrogen-bond acceptors (Lipinski definition) is 2. The van der Waals surface area contributed by atoms with Crippen molar-refractivity contribution in [3.05, 3.63) is 0 Å². The highest BCUT2D eigenvalue weighted by molar-refractivity contribution is 8.23. The van der Waals surface area contributed by atoms with E-state index in [-0.39, 0.29) is 0 Å². The summed E-state index contributed by atoms with van der Waals surface area (Å²) in [4.78, 5) is 0. The first-order valence-corrected chi connectivity index (χ1v) is 4.69. The van der Waals surface area contributed by atoms with Crippen molar-refractivity contribution in [3.63, 3.8) is 0 Å². The number of nitrogens with one attached hydrogen (secondary N) is 1. The van der Waals surface area contributed by atoms with Crippen molar-refractivity contribution in [1.82, 2.24) is 5.32 Å². The summed E-state index contributed by atoms with van der Waals surface area (Å²) < 4.78 is 1.01. The molecule has 1 atom stereocenters. The van der Waals surface area contributed by atoms with Crippen LogP contribution in [0.2, 0.25) is 0 Å². The number of thioether (sulfide) groups is 1. The molecule has 1 aliphatic carbocycles. The maximum Gasteiger partial charge on any atom is 0.134 e. The Balaban J connectivity index is 1.92. The quantitative estimate of drug-likeness (QED) is 0.581. The molecule has 1 nitrogen and oxygen atoms in total. The van der Waals surface area contributed by atoms with E-state index in [2.05, 4.69) is 5.32 Å². The third-order valence-corrected chi connectivity index (χ3v) is 3.27. The third-order valence-electron chi connectivity index (χ3n) is 1.89. The molecule has 1 aliphatic heterocycles. The molecule has 2 fully saturated rings. The van der Waals surface area contributed by atoms with Gasteiger partial charge in [0.2, 0.25) is 0 Å². The first kappa shape index (κ1) is 5.98. The third kappa shape index (κ3) is 1.22. The average molecular weight is 159 g/mol. The maximum atomic E-state index is 4.99. The van der Waals surface area contributed by atoms with E-state index in [9.17, 15) is 0 Å². The highest BCUT2D eigenvalue weighted by atomic mass is 32.2. The molecular formula is C6H9NS2. The summed E-state index contributed by atoms with van der Waals surface area (Å²) >= 11 is 6.79. The average Bonchev–Trinajstić information content (AvgIpc) is 2.58. The molecule has 2 rings (SSSR count). The summed E-state index contributed by atoms with van der Waals surface area (Å²) in [6.45, 7) is 0. The van der Waals surface area contributed by atoms with Gasteiger partial charge < -0.3 is 5.32 Å². The fraction of sp³-hybridized carbons (Fsp3) is 0.833. The largest absolute Gasteiger partial charge is 0.367 e. The Hall–Kier alpha value is 0.240. The van der Waals surface area contributed by atoms with Crippen molar-refractivity contribution >= 4 is 28.3 Å². The standard InChI is InChI=1S/C6H9NS2/c8-6-7-5(3-9-6)4-1-2-4/h4-5H,1-3H2,(H,7,8)/t5-/m0/s1. The highest BCUT2D eigenvalue weighted by Gasteiger charge is 2.34. The van der Waals surface area contributed by atoms with Gasteiger partial charge >= 0.3 is 0 Å². The molecule has 3 heteroatoms. The lowest BCUT2D eigenvalue weighted by atomic mass is 10.2. The Kier molecular flexibility index (Phi) is 1.42. The van der Waals surface area contributed by atoms with E-state index >= 15 is 0 Å². The molecule has 1 N–H and O–H groups in total. The van der Waals surface area contributed by atoms with Crippen LogP contribution in [0.1, 0.15) is 12.8 Å². The Morgan fingerprint density at radius 3 is 2.78 bits per heavy atom. The van der Waals surface area contributed by atoms with Crippen molar-refractivity contribution in [2.45, 2.75) is 18.9 Å². The molecule has 0 aromatic rings. The Bertz CT molecular complexity index is 142. The molecule has 1 saturated carbocycles. The molecule has 0 amide bonds. The molecule has 0 bridgehead atoms. The lowest BCUT2D eigenvalue weighted by Crippen LogP contribution is -2.27. The van der Waals surface area contributed by atoms with Crippen LogP contribution in [0.3, 0.4) is 0 Å². The van der Waals surface area contributed by atoms with Gasteiger partial charge in [0, 0.05) is 11.8 Å². The summed E-state index contributed by atoms with van der Waals surface area (Å²) in [7, 11) is 0. The molecule has 0 aromatic heterocycles. The first-order chi connectivity index (χ1) is 4.36. The van der Waals surface area contributed by atoms with E-state index in [1.165, 1.54) is 18.6 Å². The van der Waals surface area contributed by atoms with Gasteiger partial charge in [-0.3, -0.25) is 0 Å². The number of hydrogen-bond donors (Lipinski definition) is 1. The zero-order valence-electron chi connectivity index (χ0n) is 5.09. The smallest absolute Gasteiger partial charge is 0.134 e. The first-order valence-electron chi connectivity index (χ1n) is 3.29. The second-order valence-corrected chi connectivity index (χ2v) is 4.38. The zero-order valence-corrected chi connectivity index (χ0v) is 6.73. The summed E-state index contributed by atoms with van der Waals surface area (Å²) in [5.74, 6) is 2.17. The van der Waals surface area contributed by atoms with E-state index in [1.807, 2.05) is 0 Å². The van der Waals surface area contributed by atoms with E-state index in [0.717, 1.165) is 16.3 Å². The lowest BCUT2D eigenvalue weighted by Gasteiger charge is -2.04. The molecule has 0 spiro atoms. The van der Waals surface area contributed by atoms with Crippen LogP contribution in [0.5, 0.6) is 0 Å². The molecule has 9 heavy (non-hydrogen) atoms. The summed E-state index contributed by atoms with van der Waals surface area (Å²) in [5.41, 5.74) is 0. The van der Waals surface area contributed by atoms with Gasteiger partial charge in [-0.25, -0.2) is 0 Å². The molecule has 1 saturated heterocycles. The topological polar surface area (TPSA) is 12.0 Å². The van der Waals surface area contributed by atoms with Gasteiger partial charge in [-0.2, -0.15) is 0 Å². The molecule has 0 unspecified atom stereocenters. The fourth-order valence-electron chi connectivity index (χ4n) is 1.15. The van der Waals surface area contributed by atoms with Crippen molar-refractivity contribution in [3.8, 4) is 0 Å². The van der Waals surface area contributed by atoms with Crippen LogP contribution in [0.25, 0.3) is 0 Å². The zero-order chi connectivity index (χ0) is 6.27. The summed E-state index contributed by atoms with van der Waals surface area (Å²) in [6.07, 6.45) is 2.84. The van der Waals surface area contributed by atoms with Crippen LogP contribution in [-0.2, 0) is 0 Å². The second kappa shape index (κ2) is 2.13. The Labute approximate surface area is 64.6 Å². The molecule has 1 heterocycles. The maximum absolute atomic E-state index is 4.99. The summed E-state index contributed by atoms with van der Waals surface area (Å²) in [6, 6.07) is 0.725. The van der Waals surface area contributed by atoms with Crippen LogP contribution in [0.15, 0.2) is 0 Å². The molecule has 50 valence electrons. The van der Waals surface area contributed by atoms with Crippen molar-refractivity contribution < 1.29 is 0 Å². The van der Waals surface area contributed by atoms with E-state index in [0.29, 0.717) is 0 Å². The van der Waals surface area contributed by atoms with Gasteiger partial charge in [0.05, 0.1) is 0 Å². The molecule has 0 aromatic carbocycles. The second-order valence-electron chi connectivity index (χ2n) is 2.69. The van der Waals surface area contributed by atoms with Gasteiger partial charge in [0.1, 0.15) is 4.32 Å². The van der Waals surface area contributed by atoms with E-state index in [1.54, 1.807) is 11.8 Å². The van der Waals surface area contributed by atoms with Gasteiger partial charge in [-0.15, -0.1) is 0 Å². The lowest BCUT2D eigenvalue weighted by molar-refractivity contribution is 0.613. The minimum absolute atomic E-state index is 0.725. The summed E-state index contributed by atoms with van der Waals surface area (Å²) in [5, 5.41) is 3.31. The van der Waals surface area contributed by atoms with Crippen molar-refractivity contribution in [2.24, 2.45) is 5.92 Å². The van der Waals surface area contributed by atoms with Crippen LogP contribution in [0.4, 0.5) is 0 Å². The SMILES string of the molecule is S=C1N[C@H](C2CC2)CS1. The predicted octanol–water partition coefficient (Wildman–Crippen LogP) is 1.39. The van der Waals surface area contributed by atoms with Gasteiger partial charge in [0.15, 0.2) is 0 Å². The van der Waals surface area contributed by atoms with Gasteiger partial charge in [0.25, 0.3) is 0 Å². The monoisotopic (exact) mass is 159 g/mol. The molecular weight excluding hydrogens is 150 g/mol. The molecule has 0 radical (unpaired) electrons. The van der Waals surface area contributed by atoms with Crippen molar-refractivity contribution in [2.75, 3.05) is 5.75 Å². The van der Waals surface area contributed by atoms with Gasteiger partial charge in [-0.05, 0) is 18.8 Å². The minimum atomic E-state index is 0.725. The van der Waals surface area contributed by atoms with Crippen LogP contribution < -0.4 is 5.32 Å².